The molecule has 0 bridgehead atoms. The average molecular weight is 304 g/mol. The van der Waals surface area contributed by atoms with Crippen LogP contribution in [-0.2, 0) is 0 Å². The van der Waals surface area contributed by atoms with E-state index in [0.717, 1.165) is 0 Å². The Morgan fingerprint density at radius 3 is 2.32 bits per heavy atom. The number of hydrogen-bond acceptors (Lipinski definition) is 3. The minimum atomic E-state index is -0.0658. The molecular weight excluding hydrogens is 280 g/mol. The first-order valence-corrected chi connectivity index (χ1v) is 7.80. The van der Waals surface area contributed by atoms with E-state index in [1.807, 2.05) is 36.6 Å². The highest BCUT2D eigenvalue weighted by molar-refractivity contribution is 5.92. The molecule has 22 heavy (non-hydrogen) atoms. The number of nitrogens with zero attached hydrogens (tertiary/aromatic N) is 4. The molecule has 2 heterocycles. The summed E-state index contributed by atoms with van der Waals surface area (Å²) in [5.74, 6) is -0.0658. The Labute approximate surface area is 131 Å². The van der Waals surface area contributed by atoms with E-state index in [-0.39, 0.29) is 18.0 Å². The standard InChI is InChI=1S/C16H24N4O2/c1-4-20(13(2)3)16(22)19-11-9-18(10-12-19)15(21)14-7-5-6-8-17-14/h5-8,13H,4,9-12H2,1-3H3. The molecule has 0 radical (unpaired) electrons. The molecule has 1 fully saturated rings. The van der Waals surface area contributed by atoms with Crippen molar-refractivity contribution in [1.29, 1.82) is 0 Å². The molecular formula is C16H24N4O2. The summed E-state index contributed by atoms with van der Waals surface area (Å²) >= 11 is 0. The molecule has 6 nitrogen and oxygen atoms in total. The zero-order valence-electron chi connectivity index (χ0n) is 13.5. The van der Waals surface area contributed by atoms with Crippen LogP contribution in [0.5, 0.6) is 0 Å². The summed E-state index contributed by atoms with van der Waals surface area (Å²) in [5, 5.41) is 0. The number of pyridine rings is 1. The van der Waals surface area contributed by atoms with Crippen LogP contribution in [0.4, 0.5) is 4.79 Å². The van der Waals surface area contributed by atoms with Crippen LogP contribution < -0.4 is 0 Å². The quantitative estimate of drug-likeness (QED) is 0.854. The van der Waals surface area contributed by atoms with E-state index in [2.05, 4.69) is 4.98 Å². The summed E-state index contributed by atoms with van der Waals surface area (Å²) in [5.41, 5.74) is 0.458. The maximum Gasteiger partial charge on any atom is 0.320 e. The van der Waals surface area contributed by atoms with Crippen LogP contribution in [0.2, 0.25) is 0 Å². The van der Waals surface area contributed by atoms with Gasteiger partial charge in [0.1, 0.15) is 5.69 Å². The molecule has 0 aliphatic carbocycles. The van der Waals surface area contributed by atoms with Gasteiger partial charge in [0.15, 0.2) is 0 Å². The third-order valence-corrected chi connectivity index (χ3v) is 3.93. The molecule has 6 heteroatoms. The van der Waals surface area contributed by atoms with Gasteiger partial charge in [0, 0.05) is 45.0 Å². The molecule has 1 aromatic rings. The zero-order valence-corrected chi connectivity index (χ0v) is 13.5. The van der Waals surface area contributed by atoms with Gasteiger partial charge in [-0.3, -0.25) is 9.78 Å². The van der Waals surface area contributed by atoms with Crippen LogP contribution in [0, 0.1) is 0 Å². The monoisotopic (exact) mass is 304 g/mol. The maximum atomic E-state index is 12.5. The van der Waals surface area contributed by atoms with E-state index in [0.29, 0.717) is 38.4 Å². The fourth-order valence-corrected chi connectivity index (χ4v) is 2.66. The number of urea groups is 1. The van der Waals surface area contributed by atoms with Gasteiger partial charge < -0.3 is 14.7 Å². The predicted molar refractivity (Wildman–Crippen MR) is 84.6 cm³/mol. The number of carbonyl (C=O) groups excluding carboxylic acids is 2. The third-order valence-electron chi connectivity index (χ3n) is 3.93. The Kier molecular flexibility index (Phi) is 5.35. The number of amides is 3. The van der Waals surface area contributed by atoms with Crippen molar-refractivity contribution in [3.63, 3.8) is 0 Å². The van der Waals surface area contributed by atoms with Crippen LogP contribution >= 0.6 is 0 Å². The zero-order chi connectivity index (χ0) is 16.1. The summed E-state index contributed by atoms with van der Waals surface area (Å²) in [6.45, 7) is 8.96. The van der Waals surface area contributed by atoms with Gasteiger partial charge in [-0.05, 0) is 32.9 Å². The van der Waals surface area contributed by atoms with Crippen LogP contribution in [-0.4, -0.2) is 70.4 Å². The Morgan fingerprint density at radius 2 is 1.82 bits per heavy atom. The van der Waals surface area contributed by atoms with Gasteiger partial charge >= 0.3 is 6.03 Å². The summed E-state index contributed by atoms with van der Waals surface area (Å²) in [7, 11) is 0. The fourth-order valence-electron chi connectivity index (χ4n) is 2.66. The van der Waals surface area contributed by atoms with Gasteiger partial charge in [0.05, 0.1) is 0 Å². The number of piperazine rings is 1. The lowest BCUT2D eigenvalue weighted by Gasteiger charge is -2.38. The maximum absolute atomic E-state index is 12.5. The van der Waals surface area contributed by atoms with Crippen LogP contribution in [0.1, 0.15) is 31.3 Å². The van der Waals surface area contributed by atoms with Crippen molar-refractivity contribution in [3.8, 4) is 0 Å². The molecule has 1 aliphatic rings. The van der Waals surface area contributed by atoms with Crippen molar-refractivity contribution in [2.24, 2.45) is 0 Å². The third kappa shape index (κ3) is 3.55. The molecule has 0 saturated carbocycles. The number of hydrogen-bond donors (Lipinski definition) is 0. The van der Waals surface area contributed by atoms with Gasteiger partial charge in [0.25, 0.3) is 5.91 Å². The second kappa shape index (κ2) is 7.24. The van der Waals surface area contributed by atoms with Crippen molar-refractivity contribution in [2.75, 3.05) is 32.7 Å². The van der Waals surface area contributed by atoms with Crippen LogP contribution in [0.3, 0.4) is 0 Å². The Bertz CT molecular complexity index is 510. The molecule has 0 unspecified atom stereocenters. The average Bonchev–Trinajstić information content (AvgIpc) is 2.55. The normalized spacial score (nSPS) is 15.1. The minimum absolute atomic E-state index is 0.0578. The summed E-state index contributed by atoms with van der Waals surface area (Å²) in [6, 6.07) is 5.56. The molecule has 1 saturated heterocycles. The van der Waals surface area contributed by atoms with E-state index < -0.39 is 0 Å². The highest BCUT2D eigenvalue weighted by atomic mass is 16.2. The molecule has 0 aromatic carbocycles. The molecule has 0 atom stereocenters. The summed E-state index contributed by atoms with van der Waals surface area (Å²) < 4.78 is 0. The van der Waals surface area contributed by atoms with Crippen molar-refractivity contribution in [1.82, 2.24) is 19.7 Å². The second-order valence-corrected chi connectivity index (χ2v) is 5.66. The first-order chi connectivity index (χ1) is 10.5. The lowest BCUT2D eigenvalue weighted by molar-refractivity contribution is 0.0625. The first-order valence-electron chi connectivity index (χ1n) is 7.80. The summed E-state index contributed by atoms with van der Waals surface area (Å²) in [4.78, 5) is 34.3. The summed E-state index contributed by atoms with van der Waals surface area (Å²) in [6.07, 6.45) is 1.62. The highest BCUT2D eigenvalue weighted by Crippen LogP contribution is 2.10. The van der Waals surface area contributed by atoms with Crippen LogP contribution in [0.25, 0.3) is 0 Å². The topological polar surface area (TPSA) is 56.8 Å². The van der Waals surface area contributed by atoms with Gasteiger partial charge in [-0.15, -0.1) is 0 Å². The van der Waals surface area contributed by atoms with Crippen molar-refractivity contribution in [3.05, 3.63) is 30.1 Å². The Balaban J connectivity index is 1.93. The molecule has 1 aliphatic heterocycles. The van der Waals surface area contributed by atoms with E-state index in [1.54, 1.807) is 23.2 Å². The lowest BCUT2D eigenvalue weighted by atomic mass is 10.2. The van der Waals surface area contributed by atoms with Crippen molar-refractivity contribution >= 4 is 11.9 Å². The van der Waals surface area contributed by atoms with Gasteiger partial charge in [-0.2, -0.15) is 0 Å². The Morgan fingerprint density at radius 1 is 1.18 bits per heavy atom. The SMILES string of the molecule is CCN(C(=O)N1CCN(C(=O)c2ccccn2)CC1)C(C)C. The number of aromatic nitrogens is 1. The van der Waals surface area contributed by atoms with E-state index in [9.17, 15) is 9.59 Å². The highest BCUT2D eigenvalue weighted by Gasteiger charge is 2.28. The van der Waals surface area contributed by atoms with Gasteiger partial charge in [-0.25, -0.2) is 4.79 Å². The van der Waals surface area contributed by atoms with E-state index in [1.165, 1.54) is 0 Å². The second-order valence-electron chi connectivity index (χ2n) is 5.66. The number of rotatable bonds is 3. The number of carbonyl (C=O) groups is 2. The van der Waals surface area contributed by atoms with Crippen LogP contribution in [0.15, 0.2) is 24.4 Å². The first kappa shape index (κ1) is 16.3. The van der Waals surface area contributed by atoms with E-state index >= 15 is 0 Å². The molecule has 1 aromatic heterocycles. The molecule has 0 N–H and O–H groups in total. The molecule has 120 valence electrons. The molecule has 2 rings (SSSR count). The largest absolute Gasteiger partial charge is 0.334 e. The predicted octanol–water partition coefficient (Wildman–Crippen LogP) is 1.69. The molecule has 0 spiro atoms. The fraction of sp³-hybridized carbons (Fsp3) is 0.562. The lowest BCUT2D eigenvalue weighted by Crippen LogP contribution is -2.55. The van der Waals surface area contributed by atoms with E-state index in [4.69, 9.17) is 0 Å². The minimum Gasteiger partial charge on any atom is -0.334 e. The van der Waals surface area contributed by atoms with Gasteiger partial charge in [0.2, 0.25) is 0 Å². The van der Waals surface area contributed by atoms with Crippen molar-refractivity contribution in [2.45, 2.75) is 26.8 Å². The molecule has 3 amide bonds. The Hall–Kier alpha value is -2.11. The van der Waals surface area contributed by atoms with Gasteiger partial charge in [-0.1, -0.05) is 6.07 Å². The van der Waals surface area contributed by atoms with Crippen molar-refractivity contribution < 1.29 is 9.59 Å². The smallest absolute Gasteiger partial charge is 0.320 e.